The molecule has 0 heterocycles. The third-order valence-corrected chi connectivity index (χ3v) is 11.6. The van der Waals surface area contributed by atoms with Gasteiger partial charge in [0.2, 0.25) is 0 Å². The molecule has 0 saturated heterocycles. The van der Waals surface area contributed by atoms with Gasteiger partial charge < -0.3 is 4.90 Å². The molecule has 0 spiro atoms. The molecule has 2 aliphatic carbocycles. The standard InChI is InChI=1S/C51H39N/c1-51(41-24-25-41)49-19-11-10-18-46(49)47-31-29-44(34-50(47)51)52(42-26-22-36(23-27-42)40-21-20-35-12-8-9-17-39(35)32-40)43-28-30-45(37-13-4-2-5-14-37)48(33-43)38-15-6-3-7-16-38/h2-23,26-34,41H,24-25H2,1H3. The van der Waals surface area contributed by atoms with E-state index in [1.807, 2.05) is 0 Å². The maximum atomic E-state index is 2.50. The molecular formula is C51H39N. The molecule has 0 bridgehead atoms. The topological polar surface area (TPSA) is 3.24 Å². The van der Waals surface area contributed by atoms with Crippen LogP contribution in [0, 0.1) is 5.92 Å². The van der Waals surface area contributed by atoms with Crippen LogP contribution >= 0.6 is 0 Å². The Kier molecular flexibility index (Phi) is 7.22. The van der Waals surface area contributed by atoms with E-state index < -0.39 is 0 Å². The van der Waals surface area contributed by atoms with E-state index in [0.717, 1.165) is 11.4 Å². The molecule has 8 aromatic carbocycles. The van der Waals surface area contributed by atoms with Gasteiger partial charge in [-0.25, -0.2) is 0 Å². The fourth-order valence-electron chi connectivity index (χ4n) is 8.77. The highest BCUT2D eigenvalue weighted by atomic mass is 15.1. The van der Waals surface area contributed by atoms with Crippen LogP contribution in [0.25, 0.3) is 55.3 Å². The highest BCUT2D eigenvalue weighted by Gasteiger charge is 2.49. The number of rotatable bonds is 7. The maximum absolute atomic E-state index is 2.50. The van der Waals surface area contributed by atoms with Gasteiger partial charge in [-0.2, -0.15) is 0 Å². The largest absolute Gasteiger partial charge is 0.310 e. The number of hydrogen-bond acceptors (Lipinski definition) is 1. The Bertz CT molecular complexity index is 2580. The summed E-state index contributed by atoms with van der Waals surface area (Å²) in [4.78, 5) is 2.46. The van der Waals surface area contributed by atoms with E-state index in [2.05, 4.69) is 200 Å². The van der Waals surface area contributed by atoms with Crippen LogP contribution in [0.15, 0.2) is 188 Å². The van der Waals surface area contributed by atoms with E-state index in [1.165, 1.54) is 84.9 Å². The predicted octanol–water partition coefficient (Wildman–Crippen LogP) is 14.0. The lowest BCUT2D eigenvalue weighted by Gasteiger charge is -2.31. The molecule has 10 rings (SSSR count). The lowest BCUT2D eigenvalue weighted by atomic mass is 9.75. The molecule has 0 radical (unpaired) electrons. The van der Waals surface area contributed by atoms with Gasteiger partial charge in [-0.15, -0.1) is 0 Å². The predicted molar refractivity (Wildman–Crippen MR) is 220 cm³/mol. The van der Waals surface area contributed by atoms with Gasteiger partial charge in [-0.3, -0.25) is 0 Å². The van der Waals surface area contributed by atoms with Gasteiger partial charge in [0.05, 0.1) is 0 Å². The van der Waals surface area contributed by atoms with Crippen LogP contribution in [0.1, 0.15) is 30.9 Å². The zero-order valence-electron chi connectivity index (χ0n) is 29.3. The molecule has 0 N–H and O–H groups in total. The Morgan fingerprint density at radius 3 is 1.67 bits per heavy atom. The summed E-state index contributed by atoms with van der Waals surface area (Å²) in [6.07, 6.45) is 2.58. The molecule has 52 heavy (non-hydrogen) atoms. The Balaban J connectivity index is 1.15. The van der Waals surface area contributed by atoms with Crippen LogP contribution in [0.4, 0.5) is 17.1 Å². The molecule has 1 heteroatoms. The number of fused-ring (bicyclic) bond motifs is 4. The Hall–Kier alpha value is -6.18. The molecule has 1 unspecified atom stereocenters. The summed E-state index contributed by atoms with van der Waals surface area (Å²) < 4.78 is 0. The fourth-order valence-corrected chi connectivity index (χ4v) is 8.77. The second-order valence-electron chi connectivity index (χ2n) is 14.7. The van der Waals surface area contributed by atoms with Crippen LogP contribution in [0.3, 0.4) is 0 Å². The second-order valence-corrected chi connectivity index (χ2v) is 14.7. The van der Waals surface area contributed by atoms with E-state index in [1.54, 1.807) is 0 Å². The summed E-state index contributed by atoms with van der Waals surface area (Å²) in [6, 6.07) is 69.4. The minimum Gasteiger partial charge on any atom is -0.310 e. The van der Waals surface area contributed by atoms with Crippen molar-refractivity contribution in [1.82, 2.24) is 0 Å². The van der Waals surface area contributed by atoms with Crippen molar-refractivity contribution >= 4 is 27.8 Å². The Morgan fingerprint density at radius 2 is 0.942 bits per heavy atom. The zero-order valence-corrected chi connectivity index (χ0v) is 29.3. The third kappa shape index (κ3) is 5.08. The lowest BCUT2D eigenvalue weighted by molar-refractivity contribution is 0.508. The summed E-state index contributed by atoms with van der Waals surface area (Å²) in [6.45, 7) is 2.49. The van der Waals surface area contributed by atoms with E-state index in [4.69, 9.17) is 0 Å². The minimum absolute atomic E-state index is 0.0138. The van der Waals surface area contributed by atoms with Gasteiger partial charge in [-0.05, 0) is 128 Å². The lowest BCUT2D eigenvalue weighted by Crippen LogP contribution is -2.23. The molecule has 2 aliphatic rings. The van der Waals surface area contributed by atoms with Crippen molar-refractivity contribution in [3.63, 3.8) is 0 Å². The van der Waals surface area contributed by atoms with Gasteiger partial charge in [0.15, 0.2) is 0 Å². The maximum Gasteiger partial charge on any atom is 0.0468 e. The number of hydrogen-bond donors (Lipinski definition) is 0. The average molecular weight is 666 g/mol. The Labute approximate surface area is 306 Å². The van der Waals surface area contributed by atoms with Crippen molar-refractivity contribution in [2.75, 3.05) is 4.90 Å². The zero-order chi connectivity index (χ0) is 34.6. The quantitative estimate of drug-likeness (QED) is 0.164. The molecule has 248 valence electrons. The fraction of sp³-hybridized carbons (Fsp3) is 0.0980. The van der Waals surface area contributed by atoms with Crippen molar-refractivity contribution < 1.29 is 0 Å². The molecule has 1 nitrogen and oxygen atoms in total. The SMILES string of the molecule is CC1(C2CC2)c2ccccc2-c2ccc(N(c3ccc(-c4ccc5ccccc5c4)cc3)c3ccc(-c4ccccc4)c(-c4ccccc4)c3)cc21. The summed E-state index contributed by atoms with van der Waals surface area (Å²) in [5.74, 6) is 0.676. The van der Waals surface area contributed by atoms with E-state index >= 15 is 0 Å². The molecule has 1 atom stereocenters. The van der Waals surface area contributed by atoms with Crippen LogP contribution in [-0.4, -0.2) is 0 Å². The Morgan fingerprint density at radius 1 is 0.385 bits per heavy atom. The van der Waals surface area contributed by atoms with Crippen LogP contribution in [-0.2, 0) is 5.41 Å². The minimum atomic E-state index is 0.0138. The van der Waals surface area contributed by atoms with Crippen molar-refractivity contribution in [2.24, 2.45) is 5.92 Å². The highest BCUT2D eigenvalue weighted by molar-refractivity contribution is 5.91. The molecule has 1 fully saturated rings. The molecular weight excluding hydrogens is 627 g/mol. The van der Waals surface area contributed by atoms with Gasteiger partial charge >= 0.3 is 0 Å². The van der Waals surface area contributed by atoms with Crippen molar-refractivity contribution in [1.29, 1.82) is 0 Å². The first kappa shape index (κ1) is 30.6. The third-order valence-electron chi connectivity index (χ3n) is 11.6. The number of nitrogens with zero attached hydrogens (tertiary/aromatic N) is 1. The second kappa shape index (κ2) is 12.2. The van der Waals surface area contributed by atoms with Crippen molar-refractivity contribution in [3.05, 3.63) is 199 Å². The normalized spacial score (nSPS) is 16.0. The van der Waals surface area contributed by atoms with E-state index in [9.17, 15) is 0 Å². The molecule has 0 aliphatic heterocycles. The van der Waals surface area contributed by atoms with Crippen molar-refractivity contribution in [2.45, 2.75) is 25.2 Å². The van der Waals surface area contributed by atoms with Gasteiger partial charge in [-0.1, -0.05) is 153 Å². The first-order valence-corrected chi connectivity index (χ1v) is 18.5. The van der Waals surface area contributed by atoms with Gasteiger partial charge in [0.25, 0.3) is 0 Å². The monoisotopic (exact) mass is 665 g/mol. The molecule has 1 saturated carbocycles. The summed E-state index contributed by atoms with van der Waals surface area (Å²) >= 11 is 0. The average Bonchev–Trinajstić information content (AvgIpc) is 4.05. The highest BCUT2D eigenvalue weighted by Crippen LogP contribution is 2.60. The van der Waals surface area contributed by atoms with Gasteiger partial charge in [0, 0.05) is 22.5 Å². The van der Waals surface area contributed by atoms with Crippen molar-refractivity contribution in [3.8, 4) is 44.5 Å². The molecule has 0 amide bonds. The first-order chi connectivity index (χ1) is 25.6. The molecule has 8 aromatic rings. The number of anilines is 3. The van der Waals surface area contributed by atoms with Crippen LogP contribution in [0.2, 0.25) is 0 Å². The van der Waals surface area contributed by atoms with Crippen LogP contribution in [0.5, 0.6) is 0 Å². The molecule has 0 aromatic heterocycles. The first-order valence-electron chi connectivity index (χ1n) is 18.5. The summed E-state index contributed by atoms with van der Waals surface area (Å²) in [5.41, 5.74) is 16.5. The van der Waals surface area contributed by atoms with Crippen LogP contribution < -0.4 is 4.90 Å². The number of benzene rings is 8. The van der Waals surface area contributed by atoms with E-state index in [0.29, 0.717) is 5.92 Å². The smallest absolute Gasteiger partial charge is 0.0468 e. The summed E-state index contributed by atoms with van der Waals surface area (Å²) in [5, 5.41) is 2.52. The van der Waals surface area contributed by atoms with E-state index in [-0.39, 0.29) is 5.41 Å². The summed E-state index contributed by atoms with van der Waals surface area (Å²) in [7, 11) is 0. The van der Waals surface area contributed by atoms with Gasteiger partial charge in [0.1, 0.15) is 0 Å².